The molecule has 10 rings (SSSR count). The zero-order valence-corrected chi connectivity index (χ0v) is 43.5. The summed E-state index contributed by atoms with van der Waals surface area (Å²) in [6.45, 7) is 3.36. The number of anilines is 2. The third kappa shape index (κ3) is 11.2. The summed E-state index contributed by atoms with van der Waals surface area (Å²) in [7, 11) is -15.5. The van der Waals surface area contributed by atoms with E-state index in [-0.39, 0.29) is 49.1 Å². The summed E-state index contributed by atoms with van der Waals surface area (Å²) in [5, 5.41) is 15.6. The molecule has 6 atom stereocenters. The number of nitrogens with one attached hydrogen (secondary N) is 1. The van der Waals surface area contributed by atoms with Gasteiger partial charge >= 0.3 is 21.3 Å². The van der Waals surface area contributed by atoms with Crippen LogP contribution in [-0.4, -0.2) is 111 Å². The molecule has 0 bridgehead atoms. The van der Waals surface area contributed by atoms with Gasteiger partial charge in [-0.25, -0.2) is 22.8 Å². The minimum absolute atomic E-state index is 0.0562. The Morgan fingerprint density at radius 2 is 1.71 bits per heavy atom. The normalized spacial score (nSPS) is 21.6. The Bertz CT molecular complexity index is 3420. The highest BCUT2D eigenvalue weighted by Crippen LogP contribution is 2.65. The van der Waals surface area contributed by atoms with Gasteiger partial charge in [-0.3, -0.25) is 23.2 Å². The van der Waals surface area contributed by atoms with E-state index in [0.29, 0.717) is 12.0 Å². The monoisotopic (exact) mass is 1090 g/mol. The van der Waals surface area contributed by atoms with Crippen LogP contribution in [0.1, 0.15) is 100 Å². The number of benzene rings is 3. The number of aromatic nitrogens is 2. The molecule has 2 amide bonds. The van der Waals surface area contributed by atoms with Crippen molar-refractivity contribution in [3.63, 3.8) is 0 Å². The number of phosphoric ester groups is 1. The second-order valence-electron chi connectivity index (χ2n) is 19.3. The third-order valence-electron chi connectivity index (χ3n) is 14.3. The van der Waals surface area contributed by atoms with E-state index >= 15 is 0 Å². The lowest BCUT2D eigenvalue weighted by Crippen LogP contribution is -2.45. The molecule has 1 saturated heterocycles. The molecule has 0 spiro atoms. The summed E-state index contributed by atoms with van der Waals surface area (Å²) in [4.78, 5) is 86.8. The van der Waals surface area contributed by atoms with Crippen LogP contribution in [0.2, 0.25) is 0 Å². The highest BCUT2D eigenvalue weighted by Gasteiger charge is 2.42. The second-order valence-corrected chi connectivity index (χ2v) is 23.7. The molecule has 3 unspecified atom stereocenters. The van der Waals surface area contributed by atoms with Crippen molar-refractivity contribution in [2.45, 2.75) is 89.1 Å². The number of aliphatic hydroxyl groups is 1. The zero-order valence-electron chi connectivity index (χ0n) is 40.8. The predicted molar refractivity (Wildman–Crippen MR) is 268 cm³/mol. The van der Waals surface area contributed by atoms with Crippen molar-refractivity contribution < 1.29 is 70.6 Å². The van der Waals surface area contributed by atoms with Crippen molar-refractivity contribution in [3.8, 4) is 23.3 Å². The number of nitrogens with two attached hydrogens (primary N) is 1. The summed E-state index contributed by atoms with van der Waals surface area (Å²) in [5.41, 5.74) is 15.1. The summed E-state index contributed by atoms with van der Waals surface area (Å²) in [6.07, 6.45) is 5.37. The summed E-state index contributed by atoms with van der Waals surface area (Å²) < 4.78 is 62.6. The number of hydrogen-bond donors (Lipinski definition) is 6. The Balaban J connectivity index is 0.797. The number of rotatable bonds is 15. The molecule has 1 aromatic heterocycles. The lowest BCUT2D eigenvalue weighted by Gasteiger charge is -2.39. The summed E-state index contributed by atoms with van der Waals surface area (Å²) in [6, 6.07) is 12.5. The Kier molecular flexibility index (Phi) is 14.9. The molecule has 1 fully saturated rings. The second kappa shape index (κ2) is 21.1. The fraction of sp³-hybridized carbons (Fsp3) is 0.449. The molecule has 7 heterocycles. The molecule has 6 aliphatic heterocycles. The average Bonchev–Trinajstić information content (AvgIpc) is 3.73. The molecule has 6 aliphatic rings. The van der Waals surface area contributed by atoms with E-state index in [4.69, 9.17) is 20.1 Å². The van der Waals surface area contributed by atoms with E-state index < -0.39 is 54.2 Å². The number of aliphatic hydroxyl groups excluding tert-OH is 1. The van der Waals surface area contributed by atoms with Gasteiger partial charge in [-0.2, -0.15) is 9.29 Å². The van der Waals surface area contributed by atoms with Crippen LogP contribution in [0.15, 0.2) is 47.4 Å². The molecule has 26 heteroatoms. The van der Waals surface area contributed by atoms with Crippen molar-refractivity contribution in [2.75, 3.05) is 63.6 Å². The first kappa shape index (κ1) is 52.9. The first-order chi connectivity index (χ1) is 35.7. The van der Waals surface area contributed by atoms with Crippen molar-refractivity contribution >= 4 is 52.4 Å². The highest BCUT2D eigenvalue weighted by atomic mass is 31.3. The maximum Gasteiger partial charge on any atom is 0.487 e. The minimum Gasteiger partial charge on any atom is -0.756 e. The SMILES string of the molecule is CN(CCCC(=O)NCC#Cc1cn([C@H]2C[C@H](O)[C@@H](COP(=O)(O)OP(=O)(O)OP(=O)([O-])O)O2)c(=O)nc1N)C(=O)c1ccccc1C1=c2cc3c4c(c2Oc2c1cc1c5c2CCCN5CCC1)CCC[N+]=4CCC3. The maximum absolute atomic E-state index is 14.6. The first-order valence-electron chi connectivity index (χ1n) is 24.8. The first-order valence-corrected chi connectivity index (χ1v) is 29.2. The molecule has 75 heavy (non-hydrogen) atoms. The van der Waals surface area contributed by atoms with Gasteiger partial charge in [-0.15, -0.1) is 0 Å². The van der Waals surface area contributed by atoms with Gasteiger partial charge in [0.15, 0.2) is 0 Å². The maximum atomic E-state index is 14.6. The highest BCUT2D eigenvalue weighted by molar-refractivity contribution is 7.66. The molecular weight excluding hydrogens is 1040 g/mol. The molecular formula is C49H56N7O16P3. The number of amides is 2. The summed E-state index contributed by atoms with van der Waals surface area (Å²) >= 11 is 0. The number of aryl methyl sites for hydroxylation is 2. The number of nitrogens with zero attached hydrogens (tertiary/aromatic N) is 5. The number of ether oxygens (including phenoxy) is 2. The average molecular weight is 1090 g/mol. The van der Waals surface area contributed by atoms with Crippen molar-refractivity contribution in [1.82, 2.24) is 24.3 Å². The zero-order chi connectivity index (χ0) is 53.0. The van der Waals surface area contributed by atoms with Crippen LogP contribution in [0.3, 0.4) is 0 Å². The van der Waals surface area contributed by atoms with Gasteiger partial charge in [0.05, 0.1) is 30.4 Å². The van der Waals surface area contributed by atoms with Gasteiger partial charge < -0.3 is 55.0 Å². The number of hydrogen-bond acceptors (Lipinski definition) is 16. The standard InChI is InChI=1S/C49H56N7O16P3/c1-53(19-9-17-40(58)51-18-4-10-31-27-56(49(60)52-47(31)50)41-26-38(57)39(69-41)28-68-74(64,65)72-75(66,67)71-73(61,62)63)48(59)33-14-3-2-13-32(33)42-36-24-29-11-5-20-54-22-7-15-34(43(29)54)45(36)70-46-35-16-8-23-55-21-6-12-30(44(35)55)25-37(42)46/h2-3,13-14,24-25,27,38-39,41,57H,5-9,11-12,15-23,26,28H2,1H3,(H6-,50,51,52,58,60,61,62,63,64,65,66,67)/t38-,39+,41+/m0/s1. The van der Waals surface area contributed by atoms with Crippen LogP contribution >= 0.6 is 23.5 Å². The smallest absolute Gasteiger partial charge is 0.487 e. The third-order valence-corrected chi connectivity index (χ3v) is 18.0. The van der Waals surface area contributed by atoms with Gasteiger partial charge in [0, 0.05) is 97.3 Å². The largest absolute Gasteiger partial charge is 0.756 e. The Morgan fingerprint density at radius 3 is 2.49 bits per heavy atom. The molecule has 23 nitrogen and oxygen atoms in total. The topological polar surface area (TPSA) is 318 Å². The van der Waals surface area contributed by atoms with Gasteiger partial charge in [0.25, 0.3) is 13.7 Å². The van der Waals surface area contributed by atoms with Crippen molar-refractivity contribution in [3.05, 3.63) is 108 Å². The van der Waals surface area contributed by atoms with Crippen LogP contribution < -0.4 is 46.4 Å². The van der Waals surface area contributed by atoms with Gasteiger partial charge in [0.2, 0.25) is 11.3 Å². The van der Waals surface area contributed by atoms with E-state index in [9.17, 15) is 47.9 Å². The predicted octanol–water partition coefficient (Wildman–Crippen LogP) is 1.64. The lowest BCUT2D eigenvalue weighted by molar-refractivity contribution is -0.212. The number of carbonyl (C=O) groups is 2. The van der Waals surface area contributed by atoms with E-state index in [2.05, 4.69) is 56.9 Å². The van der Waals surface area contributed by atoms with E-state index in [1.165, 1.54) is 39.5 Å². The molecule has 0 aliphatic carbocycles. The summed E-state index contributed by atoms with van der Waals surface area (Å²) in [5.74, 6) is 6.59. The van der Waals surface area contributed by atoms with Crippen LogP contribution in [0.25, 0.3) is 5.57 Å². The molecule has 4 aromatic rings. The van der Waals surface area contributed by atoms with Crippen LogP contribution in [0.5, 0.6) is 11.5 Å². The Labute approximate surface area is 430 Å². The van der Waals surface area contributed by atoms with Crippen molar-refractivity contribution in [2.24, 2.45) is 0 Å². The Morgan fingerprint density at radius 1 is 0.973 bits per heavy atom. The van der Waals surface area contributed by atoms with E-state index in [0.717, 1.165) is 116 Å². The fourth-order valence-electron chi connectivity index (χ4n) is 11.1. The molecule has 398 valence electrons. The molecule has 0 radical (unpaired) electrons. The van der Waals surface area contributed by atoms with Crippen molar-refractivity contribution in [1.29, 1.82) is 0 Å². The number of phosphoric acid groups is 3. The number of carbonyl (C=O) groups excluding carboxylic acids is 2. The molecule has 7 N–H and O–H groups in total. The number of fused-ring (bicyclic) bond motifs is 4. The minimum atomic E-state index is -5.87. The van der Waals surface area contributed by atoms with E-state index in [1.807, 2.05) is 24.3 Å². The quantitative estimate of drug-likeness (QED) is 0.0493. The van der Waals surface area contributed by atoms with E-state index in [1.54, 1.807) is 11.9 Å². The number of nitrogen functional groups attached to an aromatic ring is 1. The molecule has 0 saturated carbocycles. The molecule has 3 aromatic carbocycles. The van der Waals surface area contributed by atoms with Gasteiger partial charge in [0.1, 0.15) is 42.7 Å². The van der Waals surface area contributed by atoms with Crippen LogP contribution in [0, 0.1) is 11.8 Å². The van der Waals surface area contributed by atoms with Gasteiger partial charge in [-0.05, 0) is 74.3 Å². The van der Waals surface area contributed by atoms with Crippen LogP contribution in [-0.2, 0) is 62.1 Å². The van der Waals surface area contributed by atoms with Crippen LogP contribution in [0.4, 0.5) is 11.5 Å². The lowest BCUT2D eigenvalue weighted by atomic mass is 9.81. The van der Waals surface area contributed by atoms with Gasteiger partial charge in [-0.1, -0.05) is 30.0 Å². The fourth-order valence-corrected chi connectivity index (χ4v) is 14.1. The Hall–Kier alpha value is -5.56.